The standard InChI is InChI=1S/C19H14N2O4/c22-19(20-18-10-11-24-21-18)17-9-8-14(25-17)12-23-16-7-3-5-13-4-1-2-6-15(13)16/h1-11H,12H2,(H,20,21,22). The summed E-state index contributed by atoms with van der Waals surface area (Å²) >= 11 is 0. The predicted molar refractivity (Wildman–Crippen MR) is 91.4 cm³/mol. The van der Waals surface area contributed by atoms with Gasteiger partial charge in [-0.3, -0.25) is 4.79 Å². The zero-order valence-electron chi connectivity index (χ0n) is 13.1. The average molecular weight is 334 g/mol. The monoisotopic (exact) mass is 334 g/mol. The Labute approximate surface area is 143 Å². The molecule has 0 bridgehead atoms. The minimum atomic E-state index is -0.398. The molecule has 0 atom stereocenters. The van der Waals surface area contributed by atoms with Crippen LogP contribution in [0.25, 0.3) is 10.8 Å². The summed E-state index contributed by atoms with van der Waals surface area (Å²) in [5.41, 5.74) is 0. The molecule has 0 aliphatic heterocycles. The van der Waals surface area contributed by atoms with Crippen molar-refractivity contribution in [1.29, 1.82) is 0 Å². The molecule has 6 nitrogen and oxygen atoms in total. The molecule has 0 saturated carbocycles. The first-order valence-electron chi connectivity index (χ1n) is 7.70. The summed E-state index contributed by atoms with van der Waals surface area (Å²) < 4.78 is 16.0. The van der Waals surface area contributed by atoms with Crippen LogP contribution in [0.4, 0.5) is 5.82 Å². The number of rotatable bonds is 5. The Morgan fingerprint density at radius 3 is 2.80 bits per heavy atom. The van der Waals surface area contributed by atoms with E-state index in [1.807, 2.05) is 42.5 Å². The highest BCUT2D eigenvalue weighted by molar-refractivity contribution is 6.01. The lowest BCUT2D eigenvalue weighted by Crippen LogP contribution is -2.10. The van der Waals surface area contributed by atoms with Crippen LogP contribution in [0, 0.1) is 0 Å². The number of ether oxygens (including phenoxy) is 1. The molecule has 0 spiro atoms. The fraction of sp³-hybridized carbons (Fsp3) is 0.0526. The number of nitrogens with one attached hydrogen (secondary N) is 1. The number of furan rings is 1. The van der Waals surface area contributed by atoms with Crippen LogP contribution in [-0.4, -0.2) is 11.1 Å². The molecule has 4 aromatic rings. The Bertz CT molecular complexity index is 1000. The fourth-order valence-electron chi connectivity index (χ4n) is 2.50. The van der Waals surface area contributed by atoms with Gasteiger partial charge >= 0.3 is 0 Å². The molecule has 1 N–H and O–H groups in total. The highest BCUT2D eigenvalue weighted by Gasteiger charge is 2.13. The van der Waals surface area contributed by atoms with Gasteiger partial charge in [-0.05, 0) is 23.6 Å². The van der Waals surface area contributed by atoms with Crippen LogP contribution in [0.5, 0.6) is 5.75 Å². The number of carbonyl (C=O) groups excluding carboxylic acids is 1. The number of benzene rings is 2. The summed E-state index contributed by atoms with van der Waals surface area (Å²) in [6.45, 7) is 0.227. The number of hydrogen-bond donors (Lipinski definition) is 1. The Kier molecular flexibility index (Phi) is 3.92. The van der Waals surface area contributed by atoms with Gasteiger partial charge in [0.05, 0.1) is 0 Å². The number of carbonyl (C=O) groups is 1. The molecule has 2 heterocycles. The Morgan fingerprint density at radius 1 is 1.04 bits per heavy atom. The lowest BCUT2D eigenvalue weighted by molar-refractivity contribution is 0.0991. The summed E-state index contributed by atoms with van der Waals surface area (Å²) in [5.74, 6) is 1.43. The molecule has 0 aliphatic carbocycles. The van der Waals surface area contributed by atoms with Crippen molar-refractivity contribution in [2.75, 3.05) is 5.32 Å². The molecular weight excluding hydrogens is 320 g/mol. The molecule has 0 radical (unpaired) electrons. The molecule has 25 heavy (non-hydrogen) atoms. The smallest absolute Gasteiger partial charge is 0.292 e. The number of hydrogen-bond acceptors (Lipinski definition) is 5. The summed E-state index contributed by atoms with van der Waals surface area (Å²) in [6.07, 6.45) is 1.38. The highest BCUT2D eigenvalue weighted by Crippen LogP contribution is 2.26. The van der Waals surface area contributed by atoms with E-state index in [4.69, 9.17) is 9.15 Å². The van der Waals surface area contributed by atoms with Crippen molar-refractivity contribution in [3.05, 3.63) is 78.4 Å². The van der Waals surface area contributed by atoms with E-state index in [1.165, 1.54) is 6.26 Å². The SMILES string of the molecule is O=C(Nc1ccon1)c1ccc(COc2cccc3ccccc23)o1. The quantitative estimate of drug-likeness (QED) is 0.590. The lowest BCUT2D eigenvalue weighted by Gasteiger charge is -2.07. The second-order valence-electron chi connectivity index (χ2n) is 5.37. The second-order valence-corrected chi connectivity index (χ2v) is 5.37. The first-order valence-corrected chi connectivity index (χ1v) is 7.70. The van der Waals surface area contributed by atoms with Crippen LogP contribution in [0.3, 0.4) is 0 Å². The maximum absolute atomic E-state index is 12.0. The van der Waals surface area contributed by atoms with Gasteiger partial charge in [-0.15, -0.1) is 0 Å². The summed E-state index contributed by atoms with van der Waals surface area (Å²) in [6, 6.07) is 18.7. The molecule has 2 aromatic heterocycles. The van der Waals surface area contributed by atoms with E-state index in [0.29, 0.717) is 11.6 Å². The van der Waals surface area contributed by atoms with Crippen molar-refractivity contribution >= 4 is 22.5 Å². The molecule has 1 amide bonds. The van der Waals surface area contributed by atoms with E-state index in [2.05, 4.69) is 15.0 Å². The van der Waals surface area contributed by atoms with Crippen molar-refractivity contribution in [2.24, 2.45) is 0 Å². The van der Waals surface area contributed by atoms with E-state index in [1.54, 1.807) is 18.2 Å². The first kappa shape index (κ1) is 15.0. The summed E-state index contributed by atoms with van der Waals surface area (Å²) in [7, 11) is 0. The number of fused-ring (bicyclic) bond motifs is 1. The fourth-order valence-corrected chi connectivity index (χ4v) is 2.50. The third-order valence-corrected chi connectivity index (χ3v) is 3.68. The van der Waals surface area contributed by atoms with Gasteiger partial charge in [0.1, 0.15) is 24.4 Å². The number of anilines is 1. The Morgan fingerprint density at radius 2 is 1.92 bits per heavy atom. The van der Waals surface area contributed by atoms with E-state index in [9.17, 15) is 4.79 Å². The normalized spacial score (nSPS) is 10.7. The number of nitrogens with zero attached hydrogens (tertiary/aromatic N) is 1. The highest BCUT2D eigenvalue weighted by atomic mass is 16.5. The topological polar surface area (TPSA) is 77.5 Å². The molecule has 0 aliphatic rings. The maximum atomic E-state index is 12.0. The minimum absolute atomic E-state index is 0.180. The van der Waals surface area contributed by atoms with Crippen LogP contribution in [0.1, 0.15) is 16.3 Å². The van der Waals surface area contributed by atoms with E-state index in [-0.39, 0.29) is 12.4 Å². The molecular formula is C19H14N2O4. The van der Waals surface area contributed by atoms with Crippen LogP contribution in [-0.2, 0) is 6.61 Å². The Hall–Kier alpha value is -3.54. The van der Waals surface area contributed by atoms with Crippen LogP contribution < -0.4 is 10.1 Å². The zero-order valence-corrected chi connectivity index (χ0v) is 13.1. The van der Waals surface area contributed by atoms with Gasteiger partial charge < -0.3 is 19.0 Å². The van der Waals surface area contributed by atoms with Gasteiger partial charge in [0, 0.05) is 11.5 Å². The van der Waals surface area contributed by atoms with Crippen molar-refractivity contribution < 1.29 is 18.5 Å². The average Bonchev–Trinajstić information content (AvgIpc) is 3.31. The van der Waals surface area contributed by atoms with Gasteiger partial charge in [0.25, 0.3) is 5.91 Å². The predicted octanol–water partition coefficient (Wildman–Crippen LogP) is 4.25. The molecule has 0 saturated heterocycles. The second kappa shape index (κ2) is 6.52. The van der Waals surface area contributed by atoms with Crippen LogP contribution in [0.2, 0.25) is 0 Å². The number of amides is 1. The largest absolute Gasteiger partial charge is 0.485 e. The van der Waals surface area contributed by atoms with Gasteiger partial charge in [0.2, 0.25) is 0 Å². The van der Waals surface area contributed by atoms with Gasteiger partial charge in [-0.2, -0.15) is 0 Å². The van der Waals surface area contributed by atoms with Crippen molar-refractivity contribution in [3.63, 3.8) is 0 Å². The van der Waals surface area contributed by atoms with Crippen molar-refractivity contribution in [3.8, 4) is 5.75 Å². The zero-order chi connectivity index (χ0) is 17.1. The molecule has 0 fully saturated rings. The van der Waals surface area contributed by atoms with E-state index in [0.717, 1.165) is 16.5 Å². The van der Waals surface area contributed by atoms with Gasteiger partial charge in [-0.1, -0.05) is 41.6 Å². The van der Waals surface area contributed by atoms with E-state index < -0.39 is 5.91 Å². The Balaban J connectivity index is 1.45. The molecule has 4 rings (SSSR count). The summed E-state index contributed by atoms with van der Waals surface area (Å²) in [4.78, 5) is 12.0. The van der Waals surface area contributed by atoms with Crippen LogP contribution >= 0.6 is 0 Å². The molecule has 2 aromatic carbocycles. The number of aromatic nitrogens is 1. The molecule has 124 valence electrons. The minimum Gasteiger partial charge on any atom is -0.485 e. The van der Waals surface area contributed by atoms with Crippen LogP contribution in [0.15, 0.2) is 75.9 Å². The third kappa shape index (κ3) is 3.23. The van der Waals surface area contributed by atoms with Gasteiger partial charge in [-0.25, -0.2) is 0 Å². The van der Waals surface area contributed by atoms with Crippen molar-refractivity contribution in [1.82, 2.24) is 5.16 Å². The first-order chi connectivity index (χ1) is 12.3. The summed E-state index contributed by atoms with van der Waals surface area (Å²) in [5, 5.41) is 8.32. The maximum Gasteiger partial charge on any atom is 0.292 e. The third-order valence-electron chi connectivity index (χ3n) is 3.68. The molecule has 0 unspecified atom stereocenters. The van der Waals surface area contributed by atoms with E-state index >= 15 is 0 Å². The lowest BCUT2D eigenvalue weighted by atomic mass is 10.1. The van der Waals surface area contributed by atoms with Gasteiger partial charge in [0.15, 0.2) is 11.6 Å². The van der Waals surface area contributed by atoms with Crippen molar-refractivity contribution in [2.45, 2.75) is 6.61 Å². The molecule has 6 heteroatoms.